The van der Waals surface area contributed by atoms with Crippen LogP contribution in [0.25, 0.3) is 10.8 Å². The van der Waals surface area contributed by atoms with E-state index in [-0.39, 0.29) is 6.54 Å². The number of aliphatic carboxylic acids is 1. The van der Waals surface area contributed by atoms with Crippen molar-refractivity contribution in [3.05, 3.63) is 77.1 Å². The summed E-state index contributed by atoms with van der Waals surface area (Å²) >= 11 is 6.10. The predicted molar refractivity (Wildman–Crippen MR) is 121 cm³/mol. The molecule has 4 rings (SSSR count). The molecule has 0 spiro atoms. The second kappa shape index (κ2) is 9.45. The molecule has 32 heavy (non-hydrogen) atoms. The number of nitriles is 1. The van der Waals surface area contributed by atoms with E-state index in [1.54, 1.807) is 0 Å². The molecule has 0 bridgehead atoms. The second-order valence-electron chi connectivity index (χ2n) is 7.15. The fraction of sp³-hybridized carbons (Fsp3) is 0.174. The van der Waals surface area contributed by atoms with Gasteiger partial charge in [-0.3, -0.25) is 4.79 Å². The molecule has 3 aromatic carbocycles. The van der Waals surface area contributed by atoms with Crippen LogP contribution < -0.4 is 4.90 Å². The lowest BCUT2D eigenvalue weighted by molar-refractivity contribution is -0.138. The number of aryl methyl sites for hydroxylation is 1. The highest BCUT2D eigenvalue weighted by Gasteiger charge is 2.15. The third-order valence-electron chi connectivity index (χ3n) is 5.00. The number of anilines is 2. The van der Waals surface area contributed by atoms with Crippen LogP contribution in [0.3, 0.4) is 0 Å². The molecule has 1 N–H and O–H groups in total. The average molecular weight is 447 g/mol. The Morgan fingerprint density at radius 2 is 1.84 bits per heavy atom. The fourth-order valence-corrected chi connectivity index (χ4v) is 3.71. The lowest BCUT2D eigenvalue weighted by atomic mass is 10.0. The molecule has 0 aliphatic heterocycles. The molecule has 4 aromatic rings. The Hall–Kier alpha value is -3.96. The quantitative estimate of drug-likeness (QED) is 0.432. The van der Waals surface area contributed by atoms with Gasteiger partial charge in [0.1, 0.15) is 0 Å². The minimum absolute atomic E-state index is 0.318. The molecule has 9 heteroatoms. The molecule has 0 atom stereocenters. The third kappa shape index (κ3) is 4.68. The summed E-state index contributed by atoms with van der Waals surface area (Å²) in [5, 5.41) is 32.7. The van der Waals surface area contributed by atoms with Gasteiger partial charge < -0.3 is 10.0 Å². The Morgan fingerprint density at radius 1 is 1.09 bits per heavy atom. The van der Waals surface area contributed by atoms with Crippen LogP contribution in [0.1, 0.15) is 17.8 Å². The zero-order chi connectivity index (χ0) is 22.5. The zero-order valence-corrected chi connectivity index (χ0v) is 17.8. The van der Waals surface area contributed by atoms with E-state index in [1.807, 2.05) is 60.7 Å². The minimum atomic E-state index is -1.02. The van der Waals surface area contributed by atoms with Crippen LogP contribution in [0.2, 0.25) is 5.02 Å². The van der Waals surface area contributed by atoms with Gasteiger partial charge in [0.15, 0.2) is 12.4 Å². The number of carbonyl (C=O) groups is 1. The first kappa shape index (κ1) is 21.3. The van der Waals surface area contributed by atoms with Gasteiger partial charge in [0.2, 0.25) is 0 Å². The molecule has 8 nitrogen and oxygen atoms in total. The highest BCUT2D eigenvalue weighted by Crippen LogP contribution is 2.34. The Balaban J connectivity index is 1.63. The fourth-order valence-electron chi connectivity index (χ4n) is 3.59. The maximum atomic E-state index is 10.8. The molecule has 0 saturated carbocycles. The number of aromatic nitrogens is 4. The molecular formula is C23H19ClN6O2. The SMILES string of the molecule is N#Cc1ccc(N(CCCc2nnn(CC(=O)O)n2)c2ccc(Cl)cc2)c2ccccc12. The van der Waals surface area contributed by atoms with Gasteiger partial charge in [0.25, 0.3) is 0 Å². The molecule has 160 valence electrons. The molecule has 0 aliphatic rings. The molecule has 1 heterocycles. The van der Waals surface area contributed by atoms with E-state index in [2.05, 4.69) is 26.4 Å². The van der Waals surface area contributed by atoms with Crippen LogP contribution in [-0.4, -0.2) is 37.8 Å². The predicted octanol–water partition coefficient (Wildman–Crippen LogP) is 4.21. The number of tetrazole rings is 1. The van der Waals surface area contributed by atoms with Gasteiger partial charge in [0.05, 0.1) is 11.6 Å². The first-order valence-corrected chi connectivity index (χ1v) is 10.4. The topological polar surface area (TPSA) is 108 Å². The first-order chi connectivity index (χ1) is 15.5. The molecule has 0 aliphatic carbocycles. The van der Waals surface area contributed by atoms with Crippen molar-refractivity contribution in [1.29, 1.82) is 5.26 Å². The van der Waals surface area contributed by atoms with E-state index in [0.717, 1.165) is 26.9 Å². The largest absolute Gasteiger partial charge is 0.480 e. The Morgan fingerprint density at radius 3 is 2.56 bits per heavy atom. The molecule has 0 saturated heterocycles. The van der Waals surface area contributed by atoms with Crippen LogP contribution in [0.5, 0.6) is 0 Å². The number of carboxylic acid groups (broad SMARTS) is 1. The number of benzene rings is 3. The van der Waals surface area contributed by atoms with Gasteiger partial charge >= 0.3 is 5.97 Å². The Labute approximate surface area is 189 Å². The molecule has 0 amide bonds. The van der Waals surface area contributed by atoms with Crippen molar-refractivity contribution < 1.29 is 9.90 Å². The summed E-state index contributed by atoms with van der Waals surface area (Å²) in [6, 6.07) is 21.5. The van der Waals surface area contributed by atoms with E-state index < -0.39 is 5.97 Å². The lowest BCUT2D eigenvalue weighted by Crippen LogP contribution is -2.19. The smallest absolute Gasteiger partial charge is 0.327 e. The lowest BCUT2D eigenvalue weighted by Gasteiger charge is -2.27. The van der Waals surface area contributed by atoms with E-state index in [1.165, 1.54) is 0 Å². The molecule has 1 aromatic heterocycles. The standard InChI is InChI=1S/C23H19ClN6O2/c24-17-8-10-18(11-9-17)29(13-3-6-22-26-28-30(27-22)15-23(31)32)21-12-7-16(14-25)19-4-1-2-5-20(19)21/h1-2,4-5,7-12H,3,6,13,15H2,(H,31,32). The van der Waals surface area contributed by atoms with Crippen molar-refractivity contribution in [3.8, 4) is 6.07 Å². The van der Waals surface area contributed by atoms with Crippen molar-refractivity contribution in [3.63, 3.8) is 0 Å². The van der Waals surface area contributed by atoms with E-state index in [9.17, 15) is 10.1 Å². The van der Waals surface area contributed by atoms with Crippen molar-refractivity contribution in [2.45, 2.75) is 19.4 Å². The number of fused-ring (bicyclic) bond motifs is 1. The summed E-state index contributed by atoms with van der Waals surface area (Å²) in [6.45, 7) is 0.326. The van der Waals surface area contributed by atoms with Crippen molar-refractivity contribution in [2.75, 3.05) is 11.4 Å². The maximum absolute atomic E-state index is 10.8. The highest BCUT2D eigenvalue weighted by atomic mass is 35.5. The third-order valence-corrected chi connectivity index (χ3v) is 5.26. The van der Waals surface area contributed by atoms with E-state index in [4.69, 9.17) is 16.7 Å². The van der Waals surface area contributed by atoms with Gasteiger partial charge in [-0.2, -0.15) is 10.1 Å². The minimum Gasteiger partial charge on any atom is -0.480 e. The highest BCUT2D eigenvalue weighted by molar-refractivity contribution is 6.30. The number of hydrogen-bond acceptors (Lipinski definition) is 6. The van der Waals surface area contributed by atoms with Gasteiger partial charge in [-0.05, 0) is 48.0 Å². The van der Waals surface area contributed by atoms with Gasteiger partial charge in [-0.1, -0.05) is 35.9 Å². The average Bonchev–Trinajstić information content (AvgIpc) is 3.23. The Bertz CT molecular complexity index is 1300. The number of halogens is 1. The summed E-state index contributed by atoms with van der Waals surface area (Å²) in [4.78, 5) is 14.0. The summed E-state index contributed by atoms with van der Waals surface area (Å²) < 4.78 is 0. The van der Waals surface area contributed by atoms with Gasteiger partial charge in [0, 0.05) is 40.1 Å². The normalized spacial score (nSPS) is 10.8. The number of rotatable bonds is 8. The molecule has 0 radical (unpaired) electrons. The summed E-state index contributed by atoms with van der Waals surface area (Å²) in [7, 11) is 0. The summed E-state index contributed by atoms with van der Waals surface area (Å²) in [6.07, 6.45) is 1.24. The zero-order valence-electron chi connectivity index (χ0n) is 17.0. The van der Waals surface area contributed by atoms with Crippen LogP contribution in [0.4, 0.5) is 11.4 Å². The van der Waals surface area contributed by atoms with Crippen molar-refractivity contribution in [2.24, 2.45) is 0 Å². The number of hydrogen-bond donors (Lipinski definition) is 1. The first-order valence-electron chi connectivity index (χ1n) is 9.98. The van der Waals surface area contributed by atoms with Crippen LogP contribution in [0.15, 0.2) is 60.7 Å². The second-order valence-corrected chi connectivity index (χ2v) is 7.59. The van der Waals surface area contributed by atoms with Crippen LogP contribution in [-0.2, 0) is 17.8 Å². The van der Waals surface area contributed by atoms with Gasteiger partial charge in [-0.25, -0.2) is 0 Å². The van der Waals surface area contributed by atoms with Crippen molar-refractivity contribution >= 4 is 39.7 Å². The van der Waals surface area contributed by atoms with Crippen molar-refractivity contribution in [1.82, 2.24) is 20.2 Å². The monoisotopic (exact) mass is 446 g/mol. The maximum Gasteiger partial charge on any atom is 0.327 e. The van der Waals surface area contributed by atoms with E-state index in [0.29, 0.717) is 35.8 Å². The number of carboxylic acids is 1. The Kier molecular flexibility index (Phi) is 6.29. The van der Waals surface area contributed by atoms with Gasteiger partial charge in [-0.15, -0.1) is 10.2 Å². The molecule has 0 unspecified atom stereocenters. The summed E-state index contributed by atoms with van der Waals surface area (Å²) in [5.41, 5.74) is 2.57. The summed E-state index contributed by atoms with van der Waals surface area (Å²) in [5.74, 6) is -0.525. The number of nitrogens with zero attached hydrogens (tertiary/aromatic N) is 6. The molecular weight excluding hydrogens is 428 g/mol. The molecule has 0 fully saturated rings. The van der Waals surface area contributed by atoms with E-state index >= 15 is 0 Å². The van der Waals surface area contributed by atoms with Crippen LogP contribution in [0, 0.1) is 11.3 Å². The van der Waals surface area contributed by atoms with Crippen LogP contribution >= 0.6 is 11.6 Å².